The summed E-state index contributed by atoms with van der Waals surface area (Å²) in [5.74, 6) is 0.269. The van der Waals surface area contributed by atoms with Gasteiger partial charge in [0, 0.05) is 32.6 Å². The maximum absolute atomic E-state index is 12.4. The molecule has 2 amide bonds. The Balaban J connectivity index is 1.89. The van der Waals surface area contributed by atoms with E-state index in [-0.39, 0.29) is 11.8 Å². The summed E-state index contributed by atoms with van der Waals surface area (Å²) in [4.78, 5) is 26.0. The normalized spacial score (nSPS) is 15.0. The molecule has 0 atom stereocenters. The zero-order valence-corrected chi connectivity index (χ0v) is 14.8. The van der Waals surface area contributed by atoms with Crippen molar-refractivity contribution >= 4 is 11.8 Å². The van der Waals surface area contributed by atoms with Crippen molar-refractivity contribution in [3.05, 3.63) is 35.4 Å². The Kier molecular flexibility index (Phi) is 6.37. The van der Waals surface area contributed by atoms with Crippen LogP contribution in [-0.2, 0) is 22.7 Å². The molecule has 132 valence electrons. The van der Waals surface area contributed by atoms with Crippen molar-refractivity contribution < 1.29 is 9.59 Å². The summed E-state index contributed by atoms with van der Waals surface area (Å²) >= 11 is 0. The highest BCUT2D eigenvalue weighted by Gasteiger charge is 2.32. The SMILES string of the molecule is CCC(CC)(CN)C(=O)NCc1ccc(CN2CCCC2=O)cc1. The van der Waals surface area contributed by atoms with Crippen LogP contribution in [0.15, 0.2) is 24.3 Å². The van der Waals surface area contributed by atoms with E-state index < -0.39 is 5.41 Å². The monoisotopic (exact) mass is 331 g/mol. The lowest BCUT2D eigenvalue weighted by Crippen LogP contribution is -2.45. The Morgan fingerprint density at radius 2 is 1.83 bits per heavy atom. The summed E-state index contributed by atoms with van der Waals surface area (Å²) in [6, 6.07) is 8.09. The molecule has 5 nitrogen and oxygen atoms in total. The van der Waals surface area contributed by atoms with Crippen molar-refractivity contribution in [3.8, 4) is 0 Å². The minimum atomic E-state index is -0.462. The van der Waals surface area contributed by atoms with Gasteiger partial charge in [-0.3, -0.25) is 9.59 Å². The molecule has 0 saturated carbocycles. The molecule has 2 rings (SSSR count). The Morgan fingerprint density at radius 1 is 1.21 bits per heavy atom. The second-order valence-corrected chi connectivity index (χ2v) is 6.61. The third-order valence-electron chi connectivity index (χ3n) is 5.25. The fourth-order valence-corrected chi connectivity index (χ4v) is 3.18. The number of benzene rings is 1. The van der Waals surface area contributed by atoms with Gasteiger partial charge in [0.1, 0.15) is 0 Å². The van der Waals surface area contributed by atoms with Crippen LogP contribution in [-0.4, -0.2) is 29.8 Å². The molecule has 3 N–H and O–H groups in total. The van der Waals surface area contributed by atoms with E-state index in [0.29, 0.717) is 26.1 Å². The van der Waals surface area contributed by atoms with Crippen LogP contribution >= 0.6 is 0 Å². The molecule has 1 aromatic carbocycles. The van der Waals surface area contributed by atoms with Crippen LogP contribution in [0.5, 0.6) is 0 Å². The molecule has 0 bridgehead atoms. The predicted octanol–water partition coefficient (Wildman–Crippen LogP) is 2.19. The number of nitrogens with two attached hydrogens (primary N) is 1. The Morgan fingerprint density at radius 3 is 2.33 bits per heavy atom. The van der Waals surface area contributed by atoms with Crippen LogP contribution in [0.2, 0.25) is 0 Å². The number of rotatable bonds is 8. The van der Waals surface area contributed by atoms with E-state index in [1.807, 2.05) is 43.0 Å². The van der Waals surface area contributed by atoms with Gasteiger partial charge in [0.15, 0.2) is 0 Å². The van der Waals surface area contributed by atoms with Gasteiger partial charge >= 0.3 is 0 Å². The Bertz CT molecular complexity index is 556. The van der Waals surface area contributed by atoms with Gasteiger partial charge in [0.05, 0.1) is 5.41 Å². The number of carbonyl (C=O) groups is 2. The van der Waals surface area contributed by atoms with E-state index in [4.69, 9.17) is 5.73 Å². The van der Waals surface area contributed by atoms with Gasteiger partial charge in [-0.05, 0) is 30.4 Å². The molecule has 1 aliphatic rings. The number of amides is 2. The maximum Gasteiger partial charge on any atom is 0.227 e. The molecule has 24 heavy (non-hydrogen) atoms. The van der Waals surface area contributed by atoms with Crippen LogP contribution < -0.4 is 11.1 Å². The van der Waals surface area contributed by atoms with Crippen molar-refractivity contribution in [1.29, 1.82) is 0 Å². The van der Waals surface area contributed by atoms with Gasteiger partial charge < -0.3 is 16.0 Å². The van der Waals surface area contributed by atoms with Gasteiger partial charge in [-0.1, -0.05) is 38.1 Å². The minimum Gasteiger partial charge on any atom is -0.352 e. The standard InChI is InChI=1S/C19H29N3O2/c1-3-19(4-2,14-20)18(24)21-12-15-7-9-16(10-8-15)13-22-11-5-6-17(22)23/h7-10H,3-6,11-14,20H2,1-2H3,(H,21,24). The zero-order valence-electron chi connectivity index (χ0n) is 14.8. The summed E-state index contributed by atoms with van der Waals surface area (Å²) in [7, 11) is 0. The number of nitrogens with zero attached hydrogens (tertiary/aromatic N) is 1. The second kappa shape index (κ2) is 8.29. The fourth-order valence-electron chi connectivity index (χ4n) is 3.18. The number of hydrogen-bond acceptors (Lipinski definition) is 3. The highest BCUT2D eigenvalue weighted by atomic mass is 16.2. The largest absolute Gasteiger partial charge is 0.352 e. The molecule has 5 heteroatoms. The van der Waals surface area contributed by atoms with Crippen LogP contribution in [0.1, 0.15) is 50.7 Å². The summed E-state index contributed by atoms with van der Waals surface area (Å²) in [5, 5.41) is 3.01. The van der Waals surface area contributed by atoms with Crippen LogP contribution in [0.4, 0.5) is 0 Å². The quantitative estimate of drug-likeness (QED) is 0.767. The van der Waals surface area contributed by atoms with Crippen molar-refractivity contribution in [2.24, 2.45) is 11.1 Å². The number of nitrogens with one attached hydrogen (secondary N) is 1. The van der Waals surface area contributed by atoms with Crippen LogP contribution in [0, 0.1) is 5.41 Å². The molecule has 1 saturated heterocycles. The Labute approximate surface area is 144 Å². The van der Waals surface area contributed by atoms with Gasteiger partial charge in [-0.25, -0.2) is 0 Å². The first-order valence-electron chi connectivity index (χ1n) is 8.88. The zero-order chi connectivity index (χ0) is 17.6. The third kappa shape index (κ3) is 4.15. The van der Waals surface area contributed by atoms with Crippen molar-refractivity contribution in [1.82, 2.24) is 10.2 Å². The average molecular weight is 331 g/mol. The smallest absolute Gasteiger partial charge is 0.227 e. The maximum atomic E-state index is 12.4. The number of likely N-dealkylation sites (tertiary alicyclic amines) is 1. The highest BCUT2D eigenvalue weighted by Crippen LogP contribution is 2.25. The first-order chi connectivity index (χ1) is 11.5. The van der Waals surface area contributed by atoms with Gasteiger partial charge in [0.2, 0.25) is 11.8 Å². The lowest BCUT2D eigenvalue weighted by atomic mass is 9.81. The van der Waals surface area contributed by atoms with Crippen molar-refractivity contribution in [2.45, 2.75) is 52.6 Å². The summed E-state index contributed by atoms with van der Waals surface area (Å²) in [5.41, 5.74) is 7.53. The Hall–Kier alpha value is -1.88. The van der Waals surface area contributed by atoms with Crippen LogP contribution in [0.3, 0.4) is 0 Å². The van der Waals surface area contributed by atoms with Gasteiger partial charge in [-0.15, -0.1) is 0 Å². The summed E-state index contributed by atoms with van der Waals surface area (Å²) in [6.45, 7) is 6.41. The first kappa shape index (κ1) is 18.5. The molecular formula is C19H29N3O2. The molecule has 0 unspecified atom stereocenters. The van der Waals surface area contributed by atoms with E-state index in [0.717, 1.165) is 36.9 Å². The molecule has 1 aliphatic heterocycles. The minimum absolute atomic E-state index is 0.0294. The predicted molar refractivity (Wildman–Crippen MR) is 95.0 cm³/mol. The summed E-state index contributed by atoms with van der Waals surface area (Å²) < 4.78 is 0. The highest BCUT2D eigenvalue weighted by molar-refractivity contribution is 5.82. The third-order valence-corrected chi connectivity index (χ3v) is 5.25. The molecule has 1 fully saturated rings. The lowest BCUT2D eigenvalue weighted by Gasteiger charge is -2.28. The van der Waals surface area contributed by atoms with E-state index in [2.05, 4.69) is 5.32 Å². The first-order valence-corrected chi connectivity index (χ1v) is 8.88. The van der Waals surface area contributed by atoms with Gasteiger partial charge in [0.25, 0.3) is 0 Å². The van der Waals surface area contributed by atoms with E-state index >= 15 is 0 Å². The average Bonchev–Trinajstić information content (AvgIpc) is 3.01. The molecule has 0 aromatic heterocycles. The van der Waals surface area contributed by atoms with E-state index in [1.54, 1.807) is 0 Å². The summed E-state index contributed by atoms with van der Waals surface area (Å²) in [6.07, 6.45) is 3.12. The molecule has 1 heterocycles. The van der Waals surface area contributed by atoms with E-state index in [1.165, 1.54) is 0 Å². The lowest BCUT2D eigenvalue weighted by molar-refractivity contribution is -0.131. The number of carbonyl (C=O) groups excluding carboxylic acids is 2. The van der Waals surface area contributed by atoms with Crippen molar-refractivity contribution in [3.63, 3.8) is 0 Å². The molecule has 1 aromatic rings. The fraction of sp³-hybridized carbons (Fsp3) is 0.579. The van der Waals surface area contributed by atoms with E-state index in [9.17, 15) is 9.59 Å². The van der Waals surface area contributed by atoms with Gasteiger partial charge in [-0.2, -0.15) is 0 Å². The topological polar surface area (TPSA) is 75.4 Å². The molecular weight excluding hydrogens is 302 g/mol. The molecule has 0 spiro atoms. The number of hydrogen-bond donors (Lipinski definition) is 2. The van der Waals surface area contributed by atoms with Crippen molar-refractivity contribution in [2.75, 3.05) is 13.1 Å². The molecule has 0 aliphatic carbocycles. The second-order valence-electron chi connectivity index (χ2n) is 6.61. The van der Waals surface area contributed by atoms with Crippen LogP contribution in [0.25, 0.3) is 0 Å². The molecule has 0 radical (unpaired) electrons.